The Labute approximate surface area is 150 Å². The van der Waals surface area contributed by atoms with Gasteiger partial charge in [0.05, 0.1) is 12.5 Å². The van der Waals surface area contributed by atoms with E-state index in [1.165, 1.54) is 6.92 Å². The largest absolute Gasteiger partial charge is 0.481 e. The van der Waals surface area contributed by atoms with Gasteiger partial charge in [-0.1, -0.05) is 0 Å². The van der Waals surface area contributed by atoms with Crippen LogP contribution in [0.15, 0.2) is 17.1 Å². The fourth-order valence-electron chi connectivity index (χ4n) is 2.19. The van der Waals surface area contributed by atoms with E-state index in [4.69, 9.17) is 14.9 Å². The Hall–Kier alpha value is -2.64. The summed E-state index contributed by atoms with van der Waals surface area (Å²) in [4.78, 5) is 37.5. The number of amides is 1. The lowest BCUT2D eigenvalue weighted by molar-refractivity contribution is -0.142. The molecule has 1 aliphatic heterocycles. The quantitative estimate of drug-likeness (QED) is 0.495. The fourth-order valence-corrected chi connectivity index (χ4v) is 2.19. The predicted molar refractivity (Wildman–Crippen MR) is 82.2 cm³/mol. The van der Waals surface area contributed by atoms with Crippen molar-refractivity contribution in [2.75, 3.05) is 18.5 Å². The van der Waals surface area contributed by atoms with Crippen LogP contribution < -0.4 is 11.0 Å². The van der Waals surface area contributed by atoms with Crippen LogP contribution in [0.3, 0.4) is 0 Å². The standard InChI is InChI=1S/C14H17F2N3O8/c1-6(10(22)23)5-26-13(25)18-8-2-3-19(12(24)17-8)11-14(15,16)9(21)7(4-20)27-11/h2-3,6-7,9,11,20-21H,4-5H2,1H3,(H,22,23)(H,17,18,24,25)/t6-,7+,9+,11+/m0/s1. The van der Waals surface area contributed by atoms with E-state index in [1.807, 2.05) is 5.32 Å². The molecule has 0 aliphatic carbocycles. The molecule has 0 unspecified atom stereocenters. The topological polar surface area (TPSA) is 160 Å². The second-order valence-electron chi connectivity index (χ2n) is 5.79. The molecule has 13 heteroatoms. The van der Waals surface area contributed by atoms with Crippen molar-refractivity contribution >= 4 is 17.9 Å². The number of carbonyl (C=O) groups is 2. The Bertz CT molecular complexity index is 771. The molecule has 2 rings (SSSR count). The van der Waals surface area contributed by atoms with Gasteiger partial charge in [0.15, 0.2) is 6.10 Å². The molecule has 4 atom stereocenters. The smallest absolute Gasteiger partial charge is 0.412 e. The molecule has 0 spiro atoms. The Kier molecular flexibility index (Phi) is 6.08. The number of aliphatic hydroxyl groups is 2. The molecular formula is C14H17F2N3O8. The SMILES string of the molecule is C[C@@H](COC(=O)Nc1ccn([C@@H]2O[C@H](CO)[C@@H](O)C2(F)F)c(=O)n1)C(=O)O. The number of aromatic nitrogens is 2. The Balaban J connectivity index is 2.09. The van der Waals surface area contributed by atoms with Crippen LogP contribution in [0.4, 0.5) is 19.4 Å². The molecule has 0 bridgehead atoms. The number of nitrogens with one attached hydrogen (secondary N) is 1. The van der Waals surface area contributed by atoms with E-state index in [-0.39, 0.29) is 5.82 Å². The van der Waals surface area contributed by atoms with Crippen LogP contribution in [0.1, 0.15) is 13.2 Å². The van der Waals surface area contributed by atoms with E-state index in [1.54, 1.807) is 0 Å². The molecule has 27 heavy (non-hydrogen) atoms. The van der Waals surface area contributed by atoms with Crippen LogP contribution in [0.2, 0.25) is 0 Å². The highest BCUT2D eigenvalue weighted by Gasteiger charge is 2.59. The van der Waals surface area contributed by atoms with E-state index in [0.29, 0.717) is 4.57 Å². The predicted octanol–water partition coefficient (Wildman–Crippen LogP) is -0.602. The minimum absolute atomic E-state index is 0.329. The number of rotatable bonds is 6. The lowest BCUT2D eigenvalue weighted by Crippen LogP contribution is -2.41. The van der Waals surface area contributed by atoms with Crippen molar-refractivity contribution in [1.82, 2.24) is 9.55 Å². The lowest BCUT2D eigenvalue weighted by atomic mass is 10.1. The summed E-state index contributed by atoms with van der Waals surface area (Å²) in [5.74, 6) is -6.32. The summed E-state index contributed by atoms with van der Waals surface area (Å²) in [5, 5.41) is 29.1. The van der Waals surface area contributed by atoms with E-state index in [0.717, 1.165) is 12.3 Å². The lowest BCUT2D eigenvalue weighted by Gasteiger charge is -2.21. The minimum Gasteiger partial charge on any atom is -0.481 e. The van der Waals surface area contributed by atoms with Crippen LogP contribution in [0.5, 0.6) is 0 Å². The van der Waals surface area contributed by atoms with Gasteiger partial charge in [-0.15, -0.1) is 0 Å². The Morgan fingerprint density at radius 1 is 1.52 bits per heavy atom. The zero-order valence-electron chi connectivity index (χ0n) is 13.9. The maximum Gasteiger partial charge on any atom is 0.412 e. The number of halogens is 2. The first-order valence-electron chi connectivity index (χ1n) is 7.66. The summed E-state index contributed by atoms with van der Waals surface area (Å²) in [7, 11) is 0. The number of aliphatic carboxylic acids is 1. The molecule has 1 amide bonds. The minimum atomic E-state index is -3.86. The van der Waals surface area contributed by atoms with E-state index < -0.39 is 61.2 Å². The van der Waals surface area contributed by atoms with Gasteiger partial charge < -0.3 is 24.8 Å². The van der Waals surface area contributed by atoms with Crippen LogP contribution in [-0.4, -0.2) is 68.3 Å². The average molecular weight is 393 g/mol. The number of alkyl halides is 2. The molecule has 2 heterocycles. The maximum absolute atomic E-state index is 14.0. The van der Waals surface area contributed by atoms with Gasteiger partial charge in [0.1, 0.15) is 18.5 Å². The summed E-state index contributed by atoms with van der Waals surface area (Å²) >= 11 is 0. The number of carbonyl (C=O) groups excluding carboxylic acids is 1. The van der Waals surface area contributed by atoms with E-state index in [2.05, 4.69) is 9.72 Å². The number of aliphatic hydroxyl groups excluding tert-OH is 2. The molecule has 1 saturated heterocycles. The molecule has 4 N–H and O–H groups in total. The summed E-state index contributed by atoms with van der Waals surface area (Å²) in [6.07, 6.45) is -6.33. The summed E-state index contributed by atoms with van der Waals surface area (Å²) in [6, 6.07) is 1.00. The normalized spacial score (nSPS) is 25.0. The first-order valence-corrected chi connectivity index (χ1v) is 7.66. The third-order valence-corrected chi connectivity index (χ3v) is 3.76. The molecule has 150 valence electrons. The first kappa shape index (κ1) is 20.7. The van der Waals surface area contributed by atoms with Crippen molar-refractivity contribution in [2.24, 2.45) is 5.92 Å². The Morgan fingerprint density at radius 2 is 2.19 bits per heavy atom. The molecule has 0 saturated carbocycles. The zero-order chi connectivity index (χ0) is 20.4. The summed E-state index contributed by atoms with van der Waals surface area (Å²) in [6.45, 7) is 0.00137. The summed E-state index contributed by atoms with van der Waals surface area (Å²) < 4.78 is 37.9. The molecule has 0 radical (unpaired) electrons. The fraction of sp³-hybridized carbons (Fsp3) is 0.571. The zero-order valence-corrected chi connectivity index (χ0v) is 13.9. The molecule has 11 nitrogen and oxygen atoms in total. The van der Waals surface area contributed by atoms with Gasteiger partial charge in [-0.05, 0) is 13.0 Å². The van der Waals surface area contributed by atoms with E-state index in [9.17, 15) is 28.3 Å². The highest BCUT2D eigenvalue weighted by Crippen LogP contribution is 2.41. The van der Waals surface area contributed by atoms with Gasteiger partial charge >= 0.3 is 23.7 Å². The molecule has 1 aromatic rings. The molecular weight excluding hydrogens is 376 g/mol. The number of anilines is 1. The number of hydrogen-bond donors (Lipinski definition) is 4. The molecule has 1 aliphatic rings. The van der Waals surface area contributed by atoms with Crippen LogP contribution >= 0.6 is 0 Å². The number of carboxylic acid groups (broad SMARTS) is 1. The number of carboxylic acids is 1. The van der Waals surface area contributed by atoms with Gasteiger partial charge in [-0.25, -0.2) is 9.59 Å². The highest BCUT2D eigenvalue weighted by molar-refractivity contribution is 5.83. The number of ether oxygens (including phenoxy) is 2. The first-order chi connectivity index (χ1) is 12.6. The maximum atomic E-state index is 14.0. The molecule has 1 fully saturated rings. The monoisotopic (exact) mass is 393 g/mol. The van der Waals surface area contributed by atoms with Crippen LogP contribution in [0.25, 0.3) is 0 Å². The van der Waals surface area contributed by atoms with Gasteiger partial charge in [-0.2, -0.15) is 13.8 Å². The Morgan fingerprint density at radius 3 is 2.70 bits per heavy atom. The van der Waals surface area contributed by atoms with Gasteiger partial charge in [0, 0.05) is 6.20 Å². The number of hydrogen-bond acceptors (Lipinski definition) is 8. The summed E-state index contributed by atoms with van der Waals surface area (Å²) in [5.41, 5.74) is -1.22. The van der Waals surface area contributed by atoms with Crippen molar-refractivity contribution in [3.63, 3.8) is 0 Å². The highest BCUT2D eigenvalue weighted by atomic mass is 19.3. The third-order valence-electron chi connectivity index (χ3n) is 3.76. The number of nitrogens with zero attached hydrogens (tertiary/aromatic N) is 2. The third kappa shape index (κ3) is 4.37. The van der Waals surface area contributed by atoms with Gasteiger partial charge in [-0.3, -0.25) is 14.7 Å². The molecule has 1 aromatic heterocycles. The second-order valence-corrected chi connectivity index (χ2v) is 5.79. The van der Waals surface area contributed by atoms with Gasteiger partial charge in [0.2, 0.25) is 6.23 Å². The van der Waals surface area contributed by atoms with Crippen molar-refractivity contribution in [1.29, 1.82) is 0 Å². The van der Waals surface area contributed by atoms with Crippen LogP contribution in [-0.2, 0) is 14.3 Å². The average Bonchev–Trinajstić information content (AvgIpc) is 2.82. The van der Waals surface area contributed by atoms with E-state index >= 15 is 0 Å². The van der Waals surface area contributed by atoms with Crippen molar-refractivity contribution in [2.45, 2.75) is 31.3 Å². The van der Waals surface area contributed by atoms with Gasteiger partial charge in [0.25, 0.3) is 0 Å². The second kappa shape index (κ2) is 7.94. The van der Waals surface area contributed by atoms with Crippen molar-refractivity contribution in [3.05, 3.63) is 22.7 Å². The van der Waals surface area contributed by atoms with Crippen molar-refractivity contribution in [3.8, 4) is 0 Å². The van der Waals surface area contributed by atoms with Crippen molar-refractivity contribution < 1.29 is 43.2 Å². The molecule has 0 aromatic carbocycles. The van der Waals surface area contributed by atoms with Crippen LogP contribution in [0, 0.1) is 5.92 Å².